The van der Waals surface area contributed by atoms with Gasteiger partial charge in [0, 0.05) is 30.3 Å². The van der Waals surface area contributed by atoms with E-state index in [4.69, 9.17) is 14.2 Å². The van der Waals surface area contributed by atoms with Crippen molar-refractivity contribution in [1.29, 1.82) is 0 Å². The Kier molecular flexibility index (Phi) is 5.99. The molecular formula is C19H27NO4S. The number of carbonyl (C=O) groups excluding carboxylic acids is 1. The first-order valence-corrected chi connectivity index (χ1v) is 9.93. The maximum atomic E-state index is 12.9. The summed E-state index contributed by atoms with van der Waals surface area (Å²) in [5, 5.41) is -0.0244. The van der Waals surface area contributed by atoms with Crippen molar-refractivity contribution in [3.8, 4) is 17.2 Å². The second-order valence-corrected chi connectivity index (χ2v) is 7.80. The summed E-state index contributed by atoms with van der Waals surface area (Å²) in [6.07, 6.45) is 5.58. The van der Waals surface area contributed by atoms with E-state index in [1.807, 2.05) is 17.0 Å². The molecule has 3 rings (SSSR count). The summed E-state index contributed by atoms with van der Waals surface area (Å²) in [7, 11) is 4.88. The van der Waals surface area contributed by atoms with Gasteiger partial charge in [0.25, 0.3) is 0 Å². The topological polar surface area (TPSA) is 48.0 Å². The van der Waals surface area contributed by atoms with Crippen LogP contribution in [0.1, 0.15) is 43.0 Å². The summed E-state index contributed by atoms with van der Waals surface area (Å²) in [4.78, 5) is 14.9. The Labute approximate surface area is 154 Å². The predicted molar refractivity (Wildman–Crippen MR) is 99.6 cm³/mol. The van der Waals surface area contributed by atoms with Crippen molar-refractivity contribution in [3.05, 3.63) is 17.7 Å². The third kappa shape index (κ3) is 3.84. The van der Waals surface area contributed by atoms with Crippen LogP contribution in [-0.2, 0) is 4.79 Å². The summed E-state index contributed by atoms with van der Waals surface area (Å²) in [5.41, 5.74) is 0.974. The monoisotopic (exact) mass is 365 g/mol. The van der Waals surface area contributed by atoms with Gasteiger partial charge < -0.3 is 19.1 Å². The lowest BCUT2D eigenvalue weighted by atomic mass is 10.0. The van der Waals surface area contributed by atoms with Gasteiger partial charge in [-0.1, -0.05) is 12.8 Å². The average molecular weight is 365 g/mol. The lowest BCUT2D eigenvalue weighted by molar-refractivity contribution is -0.132. The normalized spacial score (nSPS) is 20.8. The number of ether oxygens (including phenoxy) is 3. The quantitative estimate of drug-likeness (QED) is 0.766. The van der Waals surface area contributed by atoms with Gasteiger partial charge in [-0.05, 0) is 24.8 Å². The number of hydrogen-bond acceptors (Lipinski definition) is 5. The largest absolute Gasteiger partial charge is 0.496 e. The Morgan fingerprint density at radius 1 is 1.08 bits per heavy atom. The van der Waals surface area contributed by atoms with Crippen LogP contribution in [0.2, 0.25) is 0 Å². The molecular weight excluding hydrogens is 338 g/mol. The first-order chi connectivity index (χ1) is 12.2. The summed E-state index contributed by atoms with van der Waals surface area (Å²) in [5.74, 6) is 3.79. The van der Waals surface area contributed by atoms with Gasteiger partial charge in [0.1, 0.15) is 11.1 Å². The molecule has 1 saturated carbocycles. The molecule has 1 amide bonds. The van der Waals surface area contributed by atoms with E-state index < -0.39 is 0 Å². The molecule has 138 valence electrons. The van der Waals surface area contributed by atoms with Crippen LogP contribution < -0.4 is 14.2 Å². The van der Waals surface area contributed by atoms with Gasteiger partial charge in [-0.15, -0.1) is 11.8 Å². The van der Waals surface area contributed by atoms with E-state index in [0.717, 1.165) is 23.6 Å². The van der Waals surface area contributed by atoms with Gasteiger partial charge in [0.05, 0.1) is 21.3 Å². The Morgan fingerprint density at radius 2 is 1.72 bits per heavy atom. The molecule has 1 aliphatic heterocycles. The Balaban J connectivity index is 1.84. The van der Waals surface area contributed by atoms with Crippen LogP contribution in [0.25, 0.3) is 0 Å². The molecule has 1 aromatic rings. The van der Waals surface area contributed by atoms with Gasteiger partial charge in [0.2, 0.25) is 5.91 Å². The molecule has 2 aliphatic rings. The molecule has 0 spiro atoms. The molecule has 2 fully saturated rings. The number of nitrogens with zero attached hydrogens (tertiary/aromatic N) is 1. The van der Waals surface area contributed by atoms with Gasteiger partial charge in [-0.2, -0.15) is 0 Å². The van der Waals surface area contributed by atoms with E-state index >= 15 is 0 Å². The number of carbonyl (C=O) groups is 1. The number of hydrogen-bond donors (Lipinski definition) is 0. The van der Waals surface area contributed by atoms with Crippen molar-refractivity contribution >= 4 is 17.7 Å². The van der Waals surface area contributed by atoms with Crippen molar-refractivity contribution in [2.24, 2.45) is 5.92 Å². The fraction of sp³-hybridized carbons (Fsp3) is 0.632. The van der Waals surface area contributed by atoms with Gasteiger partial charge in [-0.3, -0.25) is 4.79 Å². The van der Waals surface area contributed by atoms with Crippen LogP contribution in [0.15, 0.2) is 12.1 Å². The highest BCUT2D eigenvalue weighted by Gasteiger charge is 2.34. The van der Waals surface area contributed by atoms with Crippen molar-refractivity contribution in [3.63, 3.8) is 0 Å². The van der Waals surface area contributed by atoms with Crippen molar-refractivity contribution < 1.29 is 19.0 Å². The summed E-state index contributed by atoms with van der Waals surface area (Å²) in [6, 6.07) is 3.78. The molecule has 1 saturated heterocycles. The molecule has 0 aromatic heterocycles. The van der Waals surface area contributed by atoms with Crippen LogP contribution >= 0.6 is 11.8 Å². The standard InChI is InChI=1S/C19H27NO4S/c1-22-15-12-17(24-3)16(23-2)11-14(15)19-20(8-9-25-19)18(21)10-13-6-4-5-7-13/h11-13,19H,4-10H2,1-3H3. The lowest BCUT2D eigenvalue weighted by Gasteiger charge is -2.27. The molecule has 1 aromatic carbocycles. The molecule has 25 heavy (non-hydrogen) atoms. The van der Waals surface area contributed by atoms with Crippen molar-refractivity contribution in [2.75, 3.05) is 33.6 Å². The molecule has 1 aliphatic carbocycles. The summed E-state index contributed by atoms with van der Waals surface area (Å²) < 4.78 is 16.4. The molecule has 1 atom stereocenters. The first-order valence-electron chi connectivity index (χ1n) is 8.89. The molecule has 0 bridgehead atoms. The third-order valence-corrected chi connectivity index (χ3v) is 6.39. The van der Waals surface area contributed by atoms with Crippen molar-refractivity contribution in [2.45, 2.75) is 37.5 Å². The SMILES string of the molecule is COc1cc(OC)c(C2SCCN2C(=O)CC2CCCC2)cc1OC. The van der Waals surface area contributed by atoms with Crippen LogP contribution in [0.5, 0.6) is 17.2 Å². The van der Waals surface area contributed by atoms with Crippen LogP contribution in [0.3, 0.4) is 0 Å². The molecule has 5 nitrogen and oxygen atoms in total. The smallest absolute Gasteiger partial charge is 0.224 e. The molecule has 0 N–H and O–H groups in total. The number of thioether (sulfide) groups is 1. The average Bonchev–Trinajstić information content (AvgIpc) is 3.31. The molecule has 1 unspecified atom stereocenters. The van der Waals surface area contributed by atoms with E-state index in [-0.39, 0.29) is 11.3 Å². The minimum Gasteiger partial charge on any atom is -0.496 e. The maximum Gasteiger partial charge on any atom is 0.224 e. The van der Waals surface area contributed by atoms with Crippen LogP contribution in [-0.4, -0.2) is 44.4 Å². The fourth-order valence-electron chi connectivity index (χ4n) is 3.81. The summed E-state index contributed by atoms with van der Waals surface area (Å²) in [6.45, 7) is 0.790. The van der Waals surface area contributed by atoms with Crippen molar-refractivity contribution in [1.82, 2.24) is 4.90 Å². The van der Waals surface area contributed by atoms with E-state index in [2.05, 4.69) is 0 Å². The van der Waals surface area contributed by atoms with Crippen LogP contribution in [0.4, 0.5) is 0 Å². The second kappa shape index (κ2) is 8.21. The predicted octanol–water partition coefficient (Wildman–Crippen LogP) is 3.87. The highest BCUT2D eigenvalue weighted by Crippen LogP contribution is 2.46. The number of rotatable bonds is 6. The Morgan fingerprint density at radius 3 is 2.36 bits per heavy atom. The number of methoxy groups -OCH3 is 3. The molecule has 0 radical (unpaired) electrons. The first kappa shape index (κ1) is 18.2. The van der Waals surface area contributed by atoms with Crippen LogP contribution in [0, 0.1) is 5.92 Å². The second-order valence-electron chi connectivity index (χ2n) is 6.61. The van der Waals surface area contributed by atoms with E-state index in [1.54, 1.807) is 33.1 Å². The van der Waals surface area contributed by atoms with E-state index in [1.165, 1.54) is 25.7 Å². The van der Waals surface area contributed by atoms with Gasteiger partial charge >= 0.3 is 0 Å². The van der Waals surface area contributed by atoms with E-state index in [9.17, 15) is 4.79 Å². The summed E-state index contributed by atoms with van der Waals surface area (Å²) >= 11 is 1.78. The molecule has 1 heterocycles. The third-order valence-electron chi connectivity index (χ3n) is 5.15. The minimum absolute atomic E-state index is 0.0244. The highest BCUT2D eigenvalue weighted by atomic mass is 32.2. The number of benzene rings is 1. The van der Waals surface area contributed by atoms with E-state index in [0.29, 0.717) is 23.8 Å². The minimum atomic E-state index is -0.0244. The maximum absolute atomic E-state index is 12.9. The Hall–Kier alpha value is -1.56. The van der Waals surface area contributed by atoms with Gasteiger partial charge in [-0.25, -0.2) is 0 Å². The lowest BCUT2D eigenvalue weighted by Crippen LogP contribution is -2.31. The zero-order valence-corrected chi connectivity index (χ0v) is 16.1. The Bertz CT molecular complexity index is 616. The van der Waals surface area contributed by atoms with Gasteiger partial charge in [0.15, 0.2) is 11.5 Å². The zero-order chi connectivity index (χ0) is 17.8. The highest BCUT2D eigenvalue weighted by molar-refractivity contribution is 7.99. The fourth-order valence-corrected chi connectivity index (χ4v) is 5.10. The number of amides is 1. The zero-order valence-electron chi connectivity index (χ0n) is 15.2. The molecule has 6 heteroatoms.